The van der Waals surface area contributed by atoms with E-state index in [1.54, 1.807) is 13.8 Å². The molecule has 2 atom stereocenters. The van der Waals surface area contributed by atoms with Crippen LogP contribution in [0.2, 0.25) is 0 Å². The third-order valence-electron chi connectivity index (χ3n) is 4.91. The number of hydrogen-bond donors (Lipinski definition) is 3. The highest BCUT2D eigenvalue weighted by Gasteiger charge is 2.23. The average molecular weight is 605 g/mol. The number of carbonyl (C=O) groups is 1. The molecular weight excluding hydrogens is 563 g/mol. The normalized spacial score (nSPS) is 13.9. The van der Waals surface area contributed by atoms with Gasteiger partial charge in [-0.05, 0) is 6.42 Å². The molecule has 0 unspecified atom stereocenters. The zero-order valence-electron chi connectivity index (χ0n) is 21.4. The summed E-state index contributed by atoms with van der Waals surface area (Å²) in [7, 11) is 5.07. The monoisotopic (exact) mass is 604 g/mol. The van der Waals surface area contributed by atoms with Gasteiger partial charge in [0.15, 0.2) is 11.4 Å². The van der Waals surface area contributed by atoms with Crippen molar-refractivity contribution in [3.05, 3.63) is 60.7 Å². The molecular formula is C25H41IN4O5. The quantitative estimate of drug-likeness (QED) is 0.0626. The maximum atomic E-state index is 11.4. The van der Waals surface area contributed by atoms with Crippen molar-refractivity contribution < 1.29 is 48.8 Å². The molecule has 0 fully saturated rings. The smallest absolute Gasteiger partial charge is 0.305 e. The molecule has 2 rings (SSSR count). The highest BCUT2D eigenvalue weighted by Crippen LogP contribution is 2.21. The van der Waals surface area contributed by atoms with Gasteiger partial charge < -0.3 is 44.0 Å². The predicted octanol–water partition coefficient (Wildman–Crippen LogP) is -1.24. The van der Waals surface area contributed by atoms with Crippen LogP contribution in [0.25, 0.3) is 0 Å². The molecule has 0 aliphatic rings. The number of ether oxygens (including phenoxy) is 1. The minimum absolute atomic E-state index is 0. The van der Waals surface area contributed by atoms with Crippen molar-refractivity contribution in [2.24, 2.45) is 10.9 Å². The van der Waals surface area contributed by atoms with E-state index in [0.29, 0.717) is 25.9 Å². The van der Waals surface area contributed by atoms with Crippen LogP contribution in [0, 0.1) is 0 Å². The Morgan fingerprint density at radius 2 is 1.37 bits per heavy atom. The van der Waals surface area contributed by atoms with E-state index in [2.05, 4.69) is 9.84 Å². The van der Waals surface area contributed by atoms with Gasteiger partial charge in [-0.15, -0.1) is 0 Å². The molecule has 0 aromatic heterocycles. The van der Waals surface area contributed by atoms with Gasteiger partial charge in [0.1, 0.15) is 13.1 Å². The molecule has 0 saturated heterocycles. The van der Waals surface area contributed by atoms with E-state index in [1.165, 1.54) is 7.11 Å². The first-order valence-corrected chi connectivity index (χ1v) is 11.3. The number of halogens is 1. The second-order valence-electron chi connectivity index (χ2n) is 7.75. The molecule has 35 heavy (non-hydrogen) atoms. The highest BCUT2D eigenvalue weighted by molar-refractivity contribution is 5.71. The van der Waals surface area contributed by atoms with Gasteiger partial charge in [-0.1, -0.05) is 55.3 Å². The Hall–Kier alpha value is -2.09. The molecule has 0 saturated carbocycles. The lowest BCUT2D eigenvalue weighted by Crippen LogP contribution is -3.00. The van der Waals surface area contributed by atoms with Crippen molar-refractivity contribution in [3.8, 4) is 0 Å². The molecule has 2 aromatic rings. The van der Waals surface area contributed by atoms with Crippen LogP contribution in [-0.4, -0.2) is 69.6 Å². The largest absolute Gasteiger partial charge is 1.00 e. The third kappa shape index (κ3) is 14.2. The third-order valence-corrected chi connectivity index (χ3v) is 4.91. The van der Waals surface area contributed by atoms with Crippen LogP contribution < -0.4 is 44.1 Å². The summed E-state index contributed by atoms with van der Waals surface area (Å²) in [5.41, 5.74) is 1.91. The zero-order chi connectivity index (χ0) is 26.0. The van der Waals surface area contributed by atoms with Gasteiger partial charge in [0.05, 0.1) is 34.4 Å². The summed E-state index contributed by atoms with van der Waals surface area (Å²) in [4.78, 5) is 9.96. The molecule has 0 amide bonds. The van der Waals surface area contributed by atoms with Gasteiger partial charge in [0, 0.05) is 36.6 Å². The Balaban J connectivity index is 0. The summed E-state index contributed by atoms with van der Waals surface area (Å²) >= 11 is 0. The van der Waals surface area contributed by atoms with Crippen molar-refractivity contribution >= 4 is 23.2 Å². The number of esters is 1. The lowest BCUT2D eigenvalue weighted by atomic mass is 10.3. The number of hydrogen-bond acceptors (Lipinski definition) is 7. The van der Waals surface area contributed by atoms with Gasteiger partial charge in [0.25, 0.3) is 0 Å². The van der Waals surface area contributed by atoms with Gasteiger partial charge in [-0.3, -0.25) is 4.79 Å². The topological polar surface area (TPSA) is 128 Å². The van der Waals surface area contributed by atoms with Crippen LogP contribution in [-0.2, 0) is 9.53 Å². The maximum absolute atomic E-state index is 11.4. The number of quaternary nitrogens is 2. The molecule has 0 bridgehead atoms. The first-order chi connectivity index (χ1) is 16.1. The number of aliphatic hydroxyl groups excluding tert-OH is 2. The number of rotatable bonds is 9. The van der Waals surface area contributed by atoms with E-state index in [1.807, 2.05) is 74.8 Å². The standard InChI is InChI=1S/C12H18N2O2.C9H15N2O.C4H8O2.HI/c1-3-12(16)13-14(2,9-10-15)11-7-5-4-6-8-11;1-11(10,7-8-12)9-5-3-2-4-6-9;1-3-4(5)6-2;/h4-8,15H,3,9-10H2,1-2H3;2-6,12H,7-8,10H2,1H3;3H2,1-2H3;1H/q;+1;;/p-1/t14-;11-;;/m00../s1. The van der Waals surface area contributed by atoms with Gasteiger partial charge in [-0.2, -0.15) is 10.4 Å². The summed E-state index contributed by atoms with van der Waals surface area (Å²) in [5, 5.41) is 33.4. The van der Waals surface area contributed by atoms with E-state index >= 15 is 0 Å². The van der Waals surface area contributed by atoms with Gasteiger partial charge in [-0.25, -0.2) is 4.59 Å². The van der Waals surface area contributed by atoms with Crippen molar-refractivity contribution in [1.29, 1.82) is 0 Å². The summed E-state index contributed by atoms with van der Waals surface area (Å²) in [6.07, 6.45) is 0.850. The minimum atomic E-state index is -0.157. The molecule has 0 aliphatic heterocycles. The van der Waals surface area contributed by atoms with Crippen molar-refractivity contribution in [1.82, 2.24) is 9.18 Å². The Labute approximate surface area is 226 Å². The van der Waals surface area contributed by atoms with Crippen LogP contribution >= 0.6 is 0 Å². The maximum Gasteiger partial charge on any atom is 0.305 e. The minimum Gasteiger partial charge on any atom is -1.00 e. The van der Waals surface area contributed by atoms with Crippen LogP contribution in [0.4, 0.5) is 11.4 Å². The first kappa shape index (κ1) is 35.1. The fourth-order valence-electron chi connectivity index (χ4n) is 2.75. The summed E-state index contributed by atoms with van der Waals surface area (Å²) in [6.45, 7) is 4.56. The van der Waals surface area contributed by atoms with Crippen LogP contribution in [0.1, 0.15) is 26.7 Å². The molecule has 0 radical (unpaired) electrons. The van der Waals surface area contributed by atoms with Crippen LogP contribution in [0.5, 0.6) is 0 Å². The second-order valence-corrected chi connectivity index (χ2v) is 7.75. The van der Waals surface area contributed by atoms with E-state index in [4.69, 9.17) is 16.1 Å². The SMILES string of the molecule is CCC(=O)OC.CCC([O-])=N[N@@+](C)(CCO)c1ccccc1.C[N@+](N)(CCO)c1ccccc1.[I-]. The number of likely N-dealkylation sites (N-methyl/N-ethyl adjacent to an activating group) is 2. The molecule has 2 aromatic carbocycles. The summed E-state index contributed by atoms with van der Waals surface area (Å²) in [6, 6.07) is 19.3. The number of aliphatic hydroxyl groups is 2. The summed E-state index contributed by atoms with van der Waals surface area (Å²) < 4.78 is 4.60. The number of para-hydroxylation sites is 2. The van der Waals surface area contributed by atoms with Crippen LogP contribution in [0.3, 0.4) is 0 Å². The van der Waals surface area contributed by atoms with E-state index in [0.717, 1.165) is 11.4 Å². The molecule has 0 spiro atoms. The fourth-order valence-corrected chi connectivity index (χ4v) is 2.75. The molecule has 4 N–H and O–H groups in total. The van der Waals surface area contributed by atoms with E-state index < -0.39 is 0 Å². The van der Waals surface area contributed by atoms with Crippen molar-refractivity contribution in [3.63, 3.8) is 0 Å². The lowest BCUT2D eigenvalue weighted by molar-refractivity contribution is -0.220. The van der Waals surface area contributed by atoms with Gasteiger partial charge in [0.2, 0.25) is 0 Å². The predicted molar refractivity (Wildman–Crippen MR) is 136 cm³/mol. The Bertz CT molecular complexity index is 832. The number of benzene rings is 2. The first-order valence-electron chi connectivity index (χ1n) is 11.3. The van der Waals surface area contributed by atoms with Crippen molar-refractivity contribution in [2.75, 3.05) is 47.5 Å². The molecule has 10 heteroatoms. The van der Waals surface area contributed by atoms with Gasteiger partial charge >= 0.3 is 5.97 Å². The Morgan fingerprint density at radius 3 is 1.71 bits per heavy atom. The molecule has 198 valence electrons. The highest BCUT2D eigenvalue weighted by atomic mass is 127. The summed E-state index contributed by atoms with van der Waals surface area (Å²) in [5.74, 6) is 5.62. The Morgan fingerprint density at radius 1 is 0.914 bits per heavy atom. The molecule has 0 aliphatic carbocycles. The van der Waals surface area contributed by atoms with E-state index in [9.17, 15) is 9.90 Å². The molecule has 0 heterocycles. The number of methoxy groups -OCH3 is 1. The van der Waals surface area contributed by atoms with E-state index in [-0.39, 0.29) is 58.2 Å². The van der Waals surface area contributed by atoms with Crippen LogP contribution in [0.15, 0.2) is 65.8 Å². The molecule has 9 nitrogen and oxygen atoms in total. The number of carbonyl (C=O) groups excluding carboxylic acids is 1. The number of nitrogens with two attached hydrogens (primary N) is 1. The average Bonchev–Trinajstić information content (AvgIpc) is 2.85. The fraction of sp³-hybridized carbons (Fsp3) is 0.440. The van der Waals surface area contributed by atoms with Crippen molar-refractivity contribution in [2.45, 2.75) is 26.7 Å². The Kier molecular flexibility index (Phi) is 19.2. The number of nitrogens with zero attached hydrogens (tertiary/aromatic N) is 3. The lowest BCUT2D eigenvalue weighted by Gasteiger charge is -2.28. The second kappa shape index (κ2) is 19.1. The zero-order valence-corrected chi connectivity index (χ0v) is 23.6.